The van der Waals surface area contributed by atoms with Crippen LogP contribution in [0.5, 0.6) is 0 Å². The number of nitriles is 1. The predicted molar refractivity (Wildman–Crippen MR) is 79.4 cm³/mol. The van der Waals surface area contributed by atoms with Gasteiger partial charge in [-0.25, -0.2) is 4.98 Å². The number of rotatable bonds is 2. The average molecular weight is 261 g/mol. The lowest BCUT2D eigenvalue weighted by molar-refractivity contribution is 0.867. The monoisotopic (exact) mass is 261 g/mol. The Bertz CT molecular complexity index is 789. The summed E-state index contributed by atoms with van der Waals surface area (Å²) in [5.74, 6) is 0.501. The Hall–Kier alpha value is -2.60. The second-order valence-electron chi connectivity index (χ2n) is 5.13. The maximum atomic E-state index is 9.40. The average Bonchev–Trinajstić information content (AvgIpc) is 2.85. The van der Waals surface area contributed by atoms with Crippen LogP contribution in [0.2, 0.25) is 0 Å². The first kappa shape index (κ1) is 12.4. The number of imidazole rings is 1. The number of hydrogen-bond acceptors (Lipinski definition) is 2. The van der Waals surface area contributed by atoms with Gasteiger partial charge in [-0.3, -0.25) is 4.40 Å². The van der Waals surface area contributed by atoms with E-state index in [0.29, 0.717) is 11.6 Å². The summed E-state index contributed by atoms with van der Waals surface area (Å²) in [6.07, 6.45) is 1.87. The molecule has 20 heavy (non-hydrogen) atoms. The Kier molecular flexibility index (Phi) is 3.00. The molecular formula is C17H15N3. The number of hydrogen-bond donors (Lipinski definition) is 0. The van der Waals surface area contributed by atoms with Crippen molar-refractivity contribution >= 4 is 5.65 Å². The van der Waals surface area contributed by atoms with Gasteiger partial charge in [-0.15, -0.1) is 0 Å². The second kappa shape index (κ2) is 4.82. The summed E-state index contributed by atoms with van der Waals surface area (Å²) in [7, 11) is 0. The predicted octanol–water partition coefficient (Wildman–Crippen LogP) is 4.00. The van der Waals surface area contributed by atoms with Crippen LogP contribution in [0.3, 0.4) is 0 Å². The summed E-state index contributed by atoms with van der Waals surface area (Å²) in [5, 5.41) is 9.40. The summed E-state index contributed by atoms with van der Waals surface area (Å²) in [6, 6.07) is 16.3. The van der Waals surface area contributed by atoms with Crippen LogP contribution >= 0.6 is 0 Å². The van der Waals surface area contributed by atoms with Gasteiger partial charge in [-0.05, 0) is 23.6 Å². The van der Waals surface area contributed by atoms with Crippen LogP contribution in [-0.4, -0.2) is 9.38 Å². The summed E-state index contributed by atoms with van der Waals surface area (Å²) >= 11 is 0. The molecule has 0 fully saturated rings. The first-order valence-electron chi connectivity index (χ1n) is 6.68. The fourth-order valence-electron chi connectivity index (χ4n) is 2.33. The van der Waals surface area contributed by atoms with Crippen LogP contribution in [0.1, 0.15) is 31.0 Å². The van der Waals surface area contributed by atoms with Crippen molar-refractivity contribution in [2.75, 3.05) is 0 Å². The lowest BCUT2D eigenvalue weighted by atomic mass is 10.0. The first-order valence-corrected chi connectivity index (χ1v) is 6.68. The van der Waals surface area contributed by atoms with Crippen molar-refractivity contribution in [3.63, 3.8) is 0 Å². The summed E-state index contributed by atoms with van der Waals surface area (Å²) in [5.41, 5.74) is 4.39. The highest BCUT2D eigenvalue weighted by molar-refractivity contribution is 5.69. The van der Waals surface area contributed by atoms with Gasteiger partial charge in [-0.1, -0.05) is 44.2 Å². The minimum atomic E-state index is 0.501. The molecule has 0 unspecified atom stereocenters. The van der Waals surface area contributed by atoms with Crippen LogP contribution in [0.25, 0.3) is 16.9 Å². The van der Waals surface area contributed by atoms with Gasteiger partial charge in [0.25, 0.3) is 0 Å². The molecule has 1 aromatic carbocycles. The number of nitrogens with zero attached hydrogens (tertiary/aromatic N) is 3. The molecule has 0 atom stereocenters. The lowest BCUT2D eigenvalue weighted by Crippen LogP contribution is -1.89. The molecule has 0 radical (unpaired) electrons. The molecule has 98 valence electrons. The molecule has 0 bridgehead atoms. The van der Waals surface area contributed by atoms with E-state index in [4.69, 9.17) is 0 Å². The Labute approximate surface area is 118 Å². The lowest BCUT2D eigenvalue weighted by Gasteiger charge is -2.05. The van der Waals surface area contributed by atoms with Gasteiger partial charge >= 0.3 is 0 Å². The van der Waals surface area contributed by atoms with Gasteiger partial charge in [0.1, 0.15) is 17.4 Å². The van der Waals surface area contributed by atoms with E-state index >= 15 is 0 Å². The van der Waals surface area contributed by atoms with Crippen LogP contribution in [0.15, 0.2) is 48.7 Å². The van der Waals surface area contributed by atoms with E-state index in [9.17, 15) is 5.26 Å². The fraction of sp³-hybridized carbons (Fsp3) is 0.176. The summed E-state index contributed by atoms with van der Waals surface area (Å²) in [6.45, 7) is 4.33. The van der Waals surface area contributed by atoms with E-state index in [-0.39, 0.29) is 0 Å². The topological polar surface area (TPSA) is 41.1 Å². The molecule has 0 saturated carbocycles. The fourth-order valence-corrected chi connectivity index (χ4v) is 2.33. The smallest absolute Gasteiger partial charge is 0.152 e. The molecule has 0 aliphatic heterocycles. The highest BCUT2D eigenvalue weighted by Gasteiger charge is 2.13. The van der Waals surface area contributed by atoms with Gasteiger partial charge in [0.2, 0.25) is 0 Å². The van der Waals surface area contributed by atoms with Crippen molar-refractivity contribution < 1.29 is 0 Å². The highest BCUT2D eigenvalue weighted by Crippen LogP contribution is 2.25. The Morgan fingerprint density at radius 2 is 1.85 bits per heavy atom. The van der Waals surface area contributed by atoms with Crippen LogP contribution < -0.4 is 0 Å². The van der Waals surface area contributed by atoms with E-state index in [0.717, 1.165) is 16.9 Å². The highest BCUT2D eigenvalue weighted by atomic mass is 15.0. The number of benzene rings is 1. The van der Waals surface area contributed by atoms with Crippen molar-refractivity contribution in [2.45, 2.75) is 19.8 Å². The van der Waals surface area contributed by atoms with Gasteiger partial charge in [0.15, 0.2) is 5.69 Å². The molecule has 3 rings (SSSR count). The SMILES string of the molecule is CC(C)c1ccc(-c2nc3ccccn3c2C#N)cc1. The first-order chi connectivity index (χ1) is 9.70. The van der Waals surface area contributed by atoms with Gasteiger partial charge in [0.05, 0.1) is 0 Å². The van der Waals surface area contributed by atoms with Gasteiger partial charge in [0, 0.05) is 11.8 Å². The molecule has 3 nitrogen and oxygen atoms in total. The second-order valence-corrected chi connectivity index (χ2v) is 5.13. The van der Waals surface area contributed by atoms with E-state index in [1.165, 1.54) is 5.56 Å². The van der Waals surface area contributed by atoms with E-state index in [1.807, 2.05) is 40.9 Å². The maximum absolute atomic E-state index is 9.40. The third-order valence-corrected chi connectivity index (χ3v) is 3.49. The minimum absolute atomic E-state index is 0.501. The summed E-state index contributed by atoms with van der Waals surface area (Å²) in [4.78, 5) is 4.57. The number of aromatic nitrogens is 2. The Morgan fingerprint density at radius 1 is 1.10 bits per heavy atom. The third kappa shape index (κ3) is 1.96. The van der Waals surface area contributed by atoms with Gasteiger partial charge < -0.3 is 0 Å². The standard InChI is InChI=1S/C17H15N3/c1-12(2)13-6-8-14(9-7-13)17-15(11-18)20-10-4-3-5-16(20)19-17/h3-10,12H,1-2H3. The zero-order chi connectivity index (χ0) is 14.1. The van der Waals surface area contributed by atoms with Crippen molar-refractivity contribution in [1.82, 2.24) is 9.38 Å². The van der Waals surface area contributed by atoms with Crippen LogP contribution in [0, 0.1) is 11.3 Å². The van der Waals surface area contributed by atoms with E-state index < -0.39 is 0 Å². The third-order valence-electron chi connectivity index (χ3n) is 3.49. The largest absolute Gasteiger partial charge is 0.291 e. The quantitative estimate of drug-likeness (QED) is 0.699. The number of fused-ring (bicyclic) bond motifs is 1. The molecule has 0 spiro atoms. The molecule has 2 aromatic heterocycles. The number of pyridine rings is 1. The van der Waals surface area contributed by atoms with E-state index in [2.05, 4.69) is 37.0 Å². The Balaban J connectivity index is 2.17. The summed E-state index contributed by atoms with van der Waals surface area (Å²) < 4.78 is 1.83. The van der Waals surface area contributed by atoms with Crippen LogP contribution in [0.4, 0.5) is 0 Å². The zero-order valence-electron chi connectivity index (χ0n) is 11.5. The van der Waals surface area contributed by atoms with Crippen molar-refractivity contribution in [2.24, 2.45) is 0 Å². The van der Waals surface area contributed by atoms with Crippen molar-refractivity contribution in [1.29, 1.82) is 5.26 Å². The van der Waals surface area contributed by atoms with Crippen molar-refractivity contribution in [3.8, 4) is 17.3 Å². The molecule has 2 heterocycles. The minimum Gasteiger partial charge on any atom is -0.291 e. The van der Waals surface area contributed by atoms with E-state index in [1.54, 1.807) is 0 Å². The zero-order valence-corrected chi connectivity index (χ0v) is 11.5. The molecule has 0 N–H and O–H groups in total. The van der Waals surface area contributed by atoms with Crippen molar-refractivity contribution in [3.05, 3.63) is 59.9 Å². The molecule has 0 aliphatic carbocycles. The van der Waals surface area contributed by atoms with Gasteiger partial charge in [-0.2, -0.15) is 5.26 Å². The molecule has 0 amide bonds. The van der Waals surface area contributed by atoms with Crippen LogP contribution in [-0.2, 0) is 0 Å². The normalized spacial score (nSPS) is 10.9. The molecule has 0 saturated heterocycles. The maximum Gasteiger partial charge on any atom is 0.152 e. The molecule has 3 heteroatoms. The Morgan fingerprint density at radius 3 is 2.50 bits per heavy atom. The molecule has 3 aromatic rings. The molecular weight excluding hydrogens is 246 g/mol. The molecule has 0 aliphatic rings.